The van der Waals surface area contributed by atoms with Gasteiger partial charge in [-0.1, -0.05) is 17.7 Å². The Hall–Kier alpha value is -2.58. The normalized spacial score (nSPS) is 15.9. The second-order valence-electron chi connectivity index (χ2n) is 6.39. The van der Waals surface area contributed by atoms with Crippen LogP contribution in [-0.2, 0) is 19.1 Å². The van der Waals surface area contributed by atoms with E-state index in [1.54, 1.807) is 49.6 Å². The number of carbonyl (C=O) groups excluding carboxylic acids is 3. The highest BCUT2D eigenvalue weighted by atomic mass is 79.9. The molecule has 1 aliphatic rings. The van der Waals surface area contributed by atoms with Crippen LogP contribution in [-0.4, -0.2) is 38.0 Å². The Balaban J connectivity index is 1.53. The minimum atomic E-state index is -0.636. The van der Waals surface area contributed by atoms with Gasteiger partial charge in [0.15, 0.2) is 6.61 Å². The average Bonchev–Trinajstić information content (AvgIpc) is 3.11. The Bertz CT molecular complexity index is 952. The number of anilines is 2. The Morgan fingerprint density at radius 1 is 1.28 bits per heavy atom. The van der Waals surface area contributed by atoms with E-state index in [2.05, 4.69) is 21.2 Å². The quantitative estimate of drug-likeness (QED) is 0.637. The number of hydrogen-bond acceptors (Lipinski definition) is 5. The molecule has 0 aromatic heterocycles. The van der Waals surface area contributed by atoms with Crippen LogP contribution in [0.1, 0.15) is 6.42 Å². The molecule has 1 N–H and O–H groups in total. The zero-order valence-corrected chi connectivity index (χ0v) is 17.8. The van der Waals surface area contributed by atoms with Gasteiger partial charge in [0.2, 0.25) is 5.91 Å². The molecule has 1 fully saturated rings. The topological polar surface area (TPSA) is 84.9 Å². The highest BCUT2D eigenvalue weighted by Crippen LogP contribution is 2.28. The number of halogens is 2. The molecule has 2 aromatic carbocycles. The summed E-state index contributed by atoms with van der Waals surface area (Å²) in [5.74, 6) is -1.29. The molecule has 0 aliphatic carbocycles. The molecule has 9 heteroatoms. The third-order valence-corrected chi connectivity index (χ3v) is 5.60. The van der Waals surface area contributed by atoms with Crippen molar-refractivity contribution in [3.05, 3.63) is 52.0 Å². The van der Waals surface area contributed by atoms with Crippen molar-refractivity contribution < 1.29 is 23.9 Å². The first-order valence-electron chi connectivity index (χ1n) is 8.73. The van der Waals surface area contributed by atoms with Crippen LogP contribution in [0.5, 0.6) is 5.75 Å². The van der Waals surface area contributed by atoms with Gasteiger partial charge in [0, 0.05) is 34.9 Å². The number of ether oxygens (including phenoxy) is 2. The summed E-state index contributed by atoms with van der Waals surface area (Å²) in [5, 5.41) is 3.05. The molecular weight excluding hydrogens is 464 g/mol. The molecule has 2 amide bonds. The summed E-state index contributed by atoms with van der Waals surface area (Å²) in [4.78, 5) is 38.1. The van der Waals surface area contributed by atoms with Gasteiger partial charge in [-0.2, -0.15) is 0 Å². The monoisotopic (exact) mass is 480 g/mol. The van der Waals surface area contributed by atoms with Gasteiger partial charge in [-0.05, 0) is 46.3 Å². The fraction of sp³-hybridized carbons (Fsp3) is 0.250. The minimum absolute atomic E-state index is 0.0278. The van der Waals surface area contributed by atoms with Crippen molar-refractivity contribution in [2.75, 3.05) is 30.5 Å². The number of methoxy groups -OCH3 is 1. The van der Waals surface area contributed by atoms with Crippen LogP contribution in [0.15, 0.2) is 46.9 Å². The van der Waals surface area contributed by atoms with Crippen LogP contribution in [0.2, 0.25) is 5.02 Å². The van der Waals surface area contributed by atoms with Crippen LogP contribution >= 0.6 is 27.5 Å². The van der Waals surface area contributed by atoms with Gasteiger partial charge in [0.05, 0.1) is 18.1 Å². The highest BCUT2D eigenvalue weighted by Gasteiger charge is 2.36. The maximum Gasteiger partial charge on any atom is 0.311 e. The molecule has 0 saturated carbocycles. The Kier molecular flexibility index (Phi) is 6.76. The summed E-state index contributed by atoms with van der Waals surface area (Å²) in [6.45, 7) is -0.259. The molecule has 1 heterocycles. The van der Waals surface area contributed by atoms with Crippen molar-refractivity contribution in [2.24, 2.45) is 5.92 Å². The molecule has 0 radical (unpaired) electrons. The maximum absolute atomic E-state index is 12.3. The van der Waals surface area contributed by atoms with E-state index in [9.17, 15) is 14.4 Å². The fourth-order valence-corrected chi connectivity index (χ4v) is 3.35. The largest absolute Gasteiger partial charge is 0.497 e. The zero-order valence-electron chi connectivity index (χ0n) is 15.5. The van der Waals surface area contributed by atoms with Crippen molar-refractivity contribution in [1.29, 1.82) is 0 Å². The molecule has 152 valence electrons. The Morgan fingerprint density at radius 3 is 2.79 bits per heavy atom. The molecule has 0 bridgehead atoms. The van der Waals surface area contributed by atoms with Crippen LogP contribution in [0.4, 0.5) is 11.4 Å². The molecule has 0 spiro atoms. The van der Waals surface area contributed by atoms with E-state index in [0.717, 1.165) is 0 Å². The molecular formula is C20H18BrClN2O5. The number of nitrogens with zero attached hydrogens (tertiary/aromatic N) is 1. The summed E-state index contributed by atoms with van der Waals surface area (Å²) < 4.78 is 11.0. The van der Waals surface area contributed by atoms with Gasteiger partial charge < -0.3 is 19.7 Å². The molecule has 1 aliphatic heterocycles. The third-order valence-electron chi connectivity index (χ3n) is 4.37. The van der Waals surface area contributed by atoms with Gasteiger partial charge in [-0.15, -0.1) is 0 Å². The molecule has 2 aromatic rings. The first kappa shape index (κ1) is 21.1. The number of hydrogen-bond donors (Lipinski definition) is 1. The predicted molar refractivity (Wildman–Crippen MR) is 112 cm³/mol. The number of benzene rings is 2. The molecule has 0 unspecified atom stereocenters. The number of carbonyl (C=O) groups is 3. The van der Waals surface area contributed by atoms with Gasteiger partial charge in [0.25, 0.3) is 5.91 Å². The molecule has 29 heavy (non-hydrogen) atoms. The van der Waals surface area contributed by atoms with E-state index in [0.29, 0.717) is 26.6 Å². The molecule has 3 rings (SSSR count). The van der Waals surface area contributed by atoms with E-state index in [1.807, 2.05) is 0 Å². The maximum atomic E-state index is 12.3. The van der Waals surface area contributed by atoms with E-state index in [1.165, 1.54) is 4.90 Å². The van der Waals surface area contributed by atoms with Crippen molar-refractivity contribution in [3.63, 3.8) is 0 Å². The lowest BCUT2D eigenvalue weighted by Crippen LogP contribution is -2.28. The summed E-state index contributed by atoms with van der Waals surface area (Å²) in [7, 11) is 1.54. The van der Waals surface area contributed by atoms with Crippen molar-refractivity contribution >= 4 is 56.7 Å². The summed E-state index contributed by atoms with van der Waals surface area (Å²) in [6.07, 6.45) is 0.0278. The van der Waals surface area contributed by atoms with Crippen LogP contribution in [0, 0.1) is 5.92 Å². The van der Waals surface area contributed by atoms with E-state index in [-0.39, 0.29) is 18.9 Å². The summed E-state index contributed by atoms with van der Waals surface area (Å²) >= 11 is 9.24. The van der Waals surface area contributed by atoms with E-state index in [4.69, 9.17) is 21.1 Å². The standard InChI is InChI=1S/C20H18BrClN2O5/c1-28-15-4-2-3-14(9-15)24-10-12(7-19(24)26)20(27)29-11-18(25)23-13-5-6-16(21)17(22)8-13/h2-6,8-9,12H,7,10-11H2,1H3,(H,23,25)/t12-/m0/s1. The lowest BCUT2D eigenvalue weighted by atomic mass is 10.1. The average molecular weight is 482 g/mol. The van der Waals surface area contributed by atoms with Crippen LogP contribution < -0.4 is 15.0 Å². The van der Waals surface area contributed by atoms with Crippen LogP contribution in [0.25, 0.3) is 0 Å². The van der Waals surface area contributed by atoms with Gasteiger partial charge in [-0.3, -0.25) is 14.4 Å². The van der Waals surface area contributed by atoms with Crippen molar-refractivity contribution in [3.8, 4) is 5.75 Å². The van der Waals surface area contributed by atoms with Gasteiger partial charge in [0.1, 0.15) is 5.75 Å². The number of esters is 1. The lowest BCUT2D eigenvalue weighted by molar-refractivity contribution is -0.151. The number of amides is 2. The predicted octanol–water partition coefficient (Wildman–Crippen LogP) is 3.65. The Morgan fingerprint density at radius 2 is 2.07 bits per heavy atom. The Labute approximate surface area is 181 Å². The third kappa shape index (κ3) is 5.27. The number of nitrogens with one attached hydrogen (secondary N) is 1. The van der Waals surface area contributed by atoms with Crippen molar-refractivity contribution in [2.45, 2.75) is 6.42 Å². The van der Waals surface area contributed by atoms with E-state index < -0.39 is 24.4 Å². The van der Waals surface area contributed by atoms with E-state index >= 15 is 0 Å². The minimum Gasteiger partial charge on any atom is -0.497 e. The second kappa shape index (κ2) is 9.28. The SMILES string of the molecule is COc1cccc(N2C[C@@H](C(=O)OCC(=O)Nc3ccc(Br)c(Cl)c3)CC2=O)c1. The first-order valence-corrected chi connectivity index (χ1v) is 9.90. The first-order chi connectivity index (χ1) is 13.9. The highest BCUT2D eigenvalue weighted by molar-refractivity contribution is 9.10. The number of rotatable bonds is 6. The van der Waals surface area contributed by atoms with Crippen LogP contribution in [0.3, 0.4) is 0 Å². The molecule has 1 saturated heterocycles. The smallest absolute Gasteiger partial charge is 0.311 e. The lowest BCUT2D eigenvalue weighted by Gasteiger charge is -2.17. The van der Waals surface area contributed by atoms with Gasteiger partial charge >= 0.3 is 5.97 Å². The van der Waals surface area contributed by atoms with Crippen molar-refractivity contribution in [1.82, 2.24) is 0 Å². The fourth-order valence-electron chi connectivity index (χ4n) is 2.92. The molecule has 7 nitrogen and oxygen atoms in total. The summed E-state index contributed by atoms with van der Waals surface area (Å²) in [5.41, 5.74) is 1.13. The zero-order chi connectivity index (χ0) is 21.0. The second-order valence-corrected chi connectivity index (χ2v) is 7.65. The van der Waals surface area contributed by atoms with Gasteiger partial charge in [-0.25, -0.2) is 0 Å². The molecule has 1 atom stereocenters. The summed E-state index contributed by atoms with van der Waals surface area (Å²) in [6, 6.07) is 12.0.